The van der Waals surface area contributed by atoms with Crippen molar-refractivity contribution in [3.63, 3.8) is 0 Å². The van der Waals surface area contributed by atoms with Gasteiger partial charge in [0.25, 0.3) is 5.91 Å². The molecule has 1 amide bonds. The van der Waals surface area contributed by atoms with Crippen molar-refractivity contribution in [2.24, 2.45) is 5.92 Å². The fourth-order valence-electron chi connectivity index (χ4n) is 2.57. The Morgan fingerprint density at radius 1 is 1.33 bits per heavy atom. The third-order valence-corrected chi connectivity index (χ3v) is 5.05. The molecule has 0 aromatic carbocycles. The average Bonchev–Trinajstić information content (AvgIpc) is 2.91. The standard InChI is InChI=1S/C15H19NO4S/c1-9-3-5-15(6-4-9,14(19)20)16-13(18)12-7-11(8-21-12)10(2)17/h7-9H,3-6H2,1-2H3,(H,16,18)(H,19,20). The summed E-state index contributed by atoms with van der Waals surface area (Å²) in [5.41, 5.74) is -0.698. The van der Waals surface area contributed by atoms with E-state index in [0.29, 0.717) is 29.2 Å². The van der Waals surface area contributed by atoms with Gasteiger partial charge in [0, 0.05) is 10.9 Å². The normalized spacial score (nSPS) is 25.3. The SMILES string of the molecule is CC(=O)c1csc(C(=O)NC2(C(=O)O)CCC(C)CC2)c1. The van der Waals surface area contributed by atoms with E-state index in [2.05, 4.69) is 12.2 Å². The molecule has 0 atom stereocenters. The van der Waals surface area contributed by atoms with Crippen LogP contribution in [0, 0.1) is 5.92 Å². The van der Waals surface area contributed by atoms with E-state index in [4.69, 9.17) is 0 Å². The number of hydrogen-bond acceptors (Lipinski definition) is 4. The van der Waals surface area contributed by atoms with Gasteiger partial charge in [0.05, 0.1) is 4.88 Å². The molecule has 2 N–H and O–H groups in total. The Balaban J connectivity index is 2.15. The van der Waals surface area contributed by atoms with E-state index < -0.39 is 17.4 Å². The minimum atomic E-state index is -1.18. The number of nitrogens with one attached hydrogen (secondary N) is 1. The van der Waals surface area contributed by atoms with Crippen LogP contribution < -0.4 is 5.32 Å². The summed E-state index contributed by atoms with van der Waals surface area (Å²) < 4.78 is 0. The predicted molar refractivity (Wildman–Crippen MR) is 79.8 cm³/mol. The van der Waals surface area contributed by atoms with Gasteiger partial charge in [0.1, 0.15) is 5.54 Å². The molecule has 114 valence electrons. The van der Waals surface area contributed by atoms with Gasteiger partial charge in [-0.25, -0.2) is 4.79 Å². The van der Waals surface area contributed by atoms with Crippen molar-refractivity contribution in [3.05, 3.63) is 21.9 Å². The fraction of sp³-hybridized carbons (Fsp3) is 0.533. The summed E-state index contributed by atoms with van der Waals surface area (Å²) >= 11 is 1.16. The maximum Gasteiger partial charge on any atom is 0.329 e. The Bertz CT molecular complexity index is 570. The van der Waals surface area contributed by atoms with Gasteiger partial charge < -0.3 is 10.4 Å². The number of carboxylic acid groups (broad SMARTS) is 1. The van der Waals surface area contributed by atoms with Gasteiger partial charge in [-0.2, -0.15) is 0 Å². The number of aliphatic carboxylic acids is 1. The quantitative estimate of drug-likeness (QED) is 0.838. The Morgan fingerprint density at radius 3 is 2.43 bits per heavy atom. The highest BCUT2D eigenvalue weighted by Gasteiger charge is 2.42. The Hall–Kier alpha value is -1.69. The summed E-state index contributed by atoms with van der Waals surface area (Å²) in [5, 5.41) is 13.8. The lowest BCUT2D eigenvalue weighted by Gasteiger charge is -2.36. The first-order chi connectivity index (χ1) is 9.84. The number of carbonyl (C=O) groups is 3. The summed E-state index contributed by atoms with van der Waals surface area (Å²) in [6.45, 7) is 3.52. The van der Waals surface area contributed by atoms with Crippen LogP contribution in [0.2, 0.25) is 0 Å². The summed E-state index contributed by atoms with van der Waals surface area (Å²) in [6, 6.07) is 1.52. The summed E-state index contributed by atoms with van der Waals surface area (Å²) in [4.78, 5) is 35.5. The number of Topliss-reactive ketones (excluding diaryl/α,β-unsaturated/α-hetero) is 1. The minimum Gasteiger partial charge on any atom is -0.480 e. The van der Waals surface area contributed by atoms with E-state index >= 15 is 0 Å². The molecule has 1 heterocycles. The van der Waals surface area contributed by atoms with Crippen LogP contribution in [0.25, 0.3) is 0 Å². The lowest BCUT2D eigenvalue weighted by molar-refractivity contribution is -0.146. The molecule has 2 rings (SSSR count). The predicted octanol–water partition coefficient (Wildman–Crippen LogP) is 2.71. The molecule has 0 aliphatic heterocycles. The number of amides is 1. The van der Waals surface area contributed by atoms with Crippen molar-refractivity contribution >= 4 is 29.0 Å². The number of ketones is 1. The number of rotatable bonds is 4. The zero-order valence-corrected chi connectivity index (χ0v) is 13.0. The molecule has 1 saturated carbocycles. The first kappa shape index (κ1) is 15.7. The van der Waals surface area contributed by atoms with Gasteiger partial charge in [-0.05, 0) is 44.6 Å². The number of carboxylic acids is 1. The van der Waals surface area contributed by atoms with Crippen LogP contribution in [-0.2, 0) is 4.79 Å². The zero-order chi connectivity index (χ0) is 15.6. The van der Waals surface area contributed by atoms with Crippen molar-refractivity contribution in [1.29, 1.82) is 0 Å². The highest BCUT2D eigenvalue weighted by molar-refractivity contribution is 7.12. The van der Waals surface area contributed by atoms with Gasteiger partial charge in [-0.1, -0.05) is 6.92 Å². The Labute approximate surface area is 127 Å². The third kappa shape index (κ3) is 3.32. The van der Waals surface area contributed by atoms with Crippen molar-refractivity contribution < 1.29 is 19.5 Å². The van der Waals surface area contributed by atoms with Crippen molar-refractivity contribution in [3.8, 4) is 0 Å². The lowest BCUT2D eigenvalue weighted by Crippen LogP contribution is -2.56. The molecule has 21 heavy (non-hydrogen) atoms. The average molecular weight is 309 g/mol. The van der Waals surface area contributed by atoms with Crippen molar-refractivity contribution in [2.75, 3.05) is 0 Å². The molecule has 1 aromatic heterocycles. The molecule has 1 aromatic rings. The van der Waals surface area contributed by atoms with E-state index in [-0.39, 0.29) is 5.78 Å². The molecule has 1 aliphatic rings. The highest BCUT2D eigenvalue weighted by Crippen LogP contribution is 2.32. The summed E-state index contributed by atoms with van der Waals surface area (Å²) in [5.74, 6) is -1.01. The maximum atomic E-state index is 12.3. The lowest BCUT2D eigenvalue weighted by atomic mass is 9.77. The second kappa shape index (κ2) is 5.97. The third-order valence-electron chi connectivity index (χ3n) is 4.12. The van der Waals surface area contributed by atoms with Crippen molar-refractivity contribution in [2.45, 2.75) is 45.1 Å². The zero-order valence-electron chi connectivity index (χ0n) is 12.1. The molecule has 6 heteroatoms. The molecule has 1 aliphatic carbocycles. The van der Waals surface area contributed by atoms with Crippen LogP contribution in [-0.4, -0.2) is 28.3 Å². The first-order valence-electron chi connectivity index (χ1n) is 6.99. The molecule has 1 fully saturated rings. The monoisotopic (exact) mass is 309 g/mol. The maximum absolute atomic E-state index is 12.3. The molecular weight excluding hydrogens is 290 g/mol. The van der Waals surface area contributed by atoms with Crippen LogP contribution in [0.3, 0.4) is 0 Å². The van der Waals surface area contributed by atoms with E-state index in [9.17, 15) is 19.5 Å². The second-order valence-corrected chi connectivity index (χ2v) is 6.69. The van der Waals surface area contributed by atoms with Gasteiger partial charge >= 0.3 is 5.97 Å². The number of carbonyl (C=O) groups excluding carboxylic acids is 2. The van der Waals surface area contributed by atoms with Crippen LogP contribution in [0.1, 0.15) is 59.6 Å². The number of hydrogen-bond donors (Lipinski definition) is 2. The van der Waals surface area contributed by atoms with Gasteiger partial charge in [0.15, 0.2) is 5.78 Å². The minimum absolute atomic E-state index is 0.107. The Morgan fingerprint density at radius 2 is 1.95 bits per heavy atom. The fourth-order valence-corrected chi connectivity index (χ4v) is 3.41. The van der Waals surface area contributed by atoms with Gasteiger partial charge in [-0.3, -0.25) is 9.59 Å². The van der Waals surface area contributed by atoms with Gasteiger partial charge in [-0.15, -0.1) is 11.3 Å². The molecule has 5 nitrogen and oxygen atoms in total. The molecule has 0 radical (unpaired) electrons. The van der Waals surface area contributed by atoms with Crippen molar-refractivity contribution in [1.82, 2.24) is 5.32 Å². The molecular formula is C15H19NO4S. The summed E-state index contributed by atoms with van der Waals surface area (Å²) in [7, 11) is 0. The van der Waals surface area contributed by atoms with Crippen LogP contribution >= 0.6 is 11.3 Å². The van der Waals surface area contributed by atoms with E-state index in [1.165, 1.54) is 13.0 Å². The van der Waals surface area contributed by atoms with Crippen LogP contribution in [0.15, 0.2) is 11.4 Å². The summed E-state index contributed by atoms with van der Waals surface area (Å²) in [6.07, 6.45) is 2.46. The number of thiophene rings is 1. The molecule has 0 bridgehead atoms. The molecule has 0 unspecified atom stereocenters. The largest absolute Gasteiger partial charge is 0.480 e. The Kier molecular flexibility index (Phi) is 4.46. The second-order valence-electron chi connectivity index (χ2n) is 5.78. The molecule has 0 saturated heterocycles. The smallest absolute Gasteiger partial charge is 0.329 e. The molecule has 0 spiro atoms. The van der Waals surface area contributed by atoms with E-state index in [1.807, 2.05) is 0 Å². The van der Waals surface area contributed by atoms with Crippen LogP contribution in [0.5, 0.6) is 0 Å². The van der Waals surface area contributed by atoms with Gasteiger partial charge in [0.2, 0.25) is 0 Å². The van der Waals surface area contributed by atoms with E-state index in [1.54, 1.807) is 5.38 Å². The first-order valence-corrected chi connectivity index (χ1v) is 7.87. The van der Waals surface area contributed by atoms with Crippen LogP contribution in [0.4, 0.5) is 0 Å². The highest BCUT2D eigenvalue weighted by atomic mass is 32.1. The van der Waals surface area contributed by atoms with E-state index in [0.717, 1.165) is 24.2 Å². The topological polar surface area (TPSA) is 83.5 Å².